The van der Waals surface area contributed by atoms with Crippen LogP contribution in [0.1, 0.15) is 53.9 Å². The predicted octanol–water partition coefficient (Wildman–Crippen LogP) is 2.84. The Kier molecular flexibility index (Phi) is 5.73. The van der Waals surface area contributed by atoms with Crippen molar-refractivity contribution in [2.75, 3.05) is 12.0 Å². The molecule has 1 fully saturated rings. The number of ether oxygens (including phenoxy) is 1. The standard InChI is InChI=1S/C19H28N2O5S/c1-18(2,3)12-19(4,5)20-27(24,25)13-7-8-15(26-6)14(11-13)21-16(22)9-10-17(21)23/h7-8,11,20H,9-10,12H2,1-6H3. The van der Waals surface area contributed by atoms with Crippen LogP contribution in [0, 0.1) is 5.41 Å². The van der Waals surface area contributed by atoms with E-state index in [0.29, 0.717) is 6.42 Å². The van der Waals surface area contributed by atoms with E-state index in [-0.39, 0.29) is 46.4 Å². The number of nitrogens with one attached hydrogen (secondary N) is 1. The molecule has 0 aliphatic carbocycles. The normalized spacial score (nSPS) is 16.1. The smallest absolute Gasteiger partial charge is 0.241 e. The van der Waals surface area contributed by atoms with Crippen LogP contribution in [0.3, 0.4) is 0 Å². The quantitative estimate of drug-likeness (QED) is 0.747. The van der Waals surface area contributed by atoms with E-state index in [4.69, 9.17) is 4.74 Å². The van der Waals surface area contributed by atoms with Crippen molar-refractivity contribution in [2.24, 2.45) is 5.41 Å². The van der Waals surface area contributed by atoms with Gasteiger partial charge in [0.05, 0.1) is 17.7 Å². The van der Waals surface area contributed by atoms with Crippen molar-refractivity contribution in [1.29, 1.82) is 0 Å². The van der Waals surface area contributed by atoms with Crippen LogP contribution in [-0.4, -0.2) is 32.9 Å². The summed E-state index contributed by atoms with van der Waals surface area (Å²) in [5.74, 6) is -0.464. The van der Waals surface area contributed by atoms with Gasteiger partial charge in [-0.1, -0.05) is 20.8 Å². The number of amides is 2. The van der Waals surface area contributed by atoms with Crippen LogP contribution in [0.25, 0.3) is 0 Å². The fraction of sp³-hybridized carbons (Fsp3) is 0.579. The number of methoxy groups -OCH3 is 1. The highest BCUT2D eigenvalue weighted by Crippen LogP contribution is 2.35. The second kappa shape index (κ2) is 7.24. The Bertz CT molecular complexity index is 837. The topological polar surface area (TPSA) is 92.8 Å². The number of anilines is 1. The average molecular weight is 397 g/mol. The summed E-state index contributed by atoms with van der Waals surface area (Å²) in [5, 5.41) is 0. The SMILES string of the molecule is COc1ccc(S(=O)(=O)NC(C)(C)CC(C)(C)C)cc1N1C(=O)CCC1=O. The van der Waals surface area contributed by atoms with Crippen LogP contribution in [0.5, 0.6) is 5.75 Å². The lowest BCUT2D eigenvalue weighted by Crippen LogP contribution is -2.45. The number of imide groups is 1. The molecular formula is C19H28N2O5S. The lowest BCUT2D eigenvalue weighted by atomic mass is 9.82. The maximum Gasteiger partial charge on any atom is 0.241 e. The molecule has 27 heavy (non-hydrogen) atoms. The van der Waals surface area contributed by atoms with Crippen LogP contribution in [-0.2, 0) is 19.6 Å². The highest BCUT2D eigenvalue weighted by molar-refractivity contribution is 7.89. The van der Waals surface area contributed by atoms with Gasteiger partial charge < -0.3 is 4.74 Å². The van der Waals surface area contributed by atoms with E-state index < -0.39 is 15.6 Å². The summed E-state index contributed by atoms with van der Waals surface area (Å²) in [5.41, 5.74) is -0.580. The van der Waals surface area contributed by atoms with Crippen LogP contribution in [0.2, 0.25) is 0 Å². The molecule has 0 bridgehead atoms. The minimum absolute atomic E-state index is 0.0206. The largest absolute Gasteiger partial charge is 0.495 e. The summed E-state index contributed by atoms with van der Waals surface area (Å²) in [6.07, 6.45) is 0.844. The van der Waals surface area contributed by atoms with Gasteiger partial charge in [0, 0.05) is 18.4 Å². The van der Waals surface area contributed by atoms with Crippen LogP contribution < -0.4 is 14.4 Å². The first-order chi connectivity index (χ1) is 12.3. The van der Waals surface area contributed by atoms with E-state index in [2.05, 4.69) is 4.72 Å². The first-order valence-corrected chi connectivity index (χ1v) is 10.3. The Labute approximate surface area is 161 Å². The molecule has 0 radical (unpaired) electrons. The van der Waals surface area contributed by atoms with E-state index in [9.17, 15) is 18.0 Å². The van der Waals surface area contributed by atoms with Gasteiger partial charge in [-0.2, -0.15) is 0 Å². The molecule has 2 rings (SSSR count). The van der Waals surface area contributed by atoms with Gasteiger partial charge in [0.25, 0.3) is 0 Å². The Balaban J connectivity index is 2.42. The zero-order valence-corrected chi connectivity index (χ0v) is 17.6. The number of carbonyl (C=O) groups excluding carboxylic acids is 2. The molecule has 8 heteroatoms. The van der Waals surface area contributed by atoms with Gasteiger partial charge in [0.2, 0.25) is 21.8 Å². The molecule has 1 aliphatic heterocycles. The molecule has 150 valence electrons. The monoisotopic (exact) mass is 396 g/mol. The van der Waals surface area contributed by atoms with E-state index in [1.165, 1.54) is 25.3 Å². The van der Waals surface area contributed by atoms with Crippen molar-refractivity contribution in [3.8, 4) is 5.75 Å². The molecule has 7 nitrogen and oxygen atoms in total. The average Bonchev–Trinajstić information content (AvgIpc) is 2.81. The summed E-state index contributed by atoms with van der Waals surface area (Å²) in [7, 11) is -2.45. The third-order valence-electron chi connectivity index (χ3n) is 4.14. The third kappa shape index (κ3) is 5.07. The fourth-order valence-corrected chi connectivity index (χ4v) is 5.07. The van der Waals surface area contributed by atoms with E-state index in [0.717, 1.165) is 4.90 Å². The molecule has 0 spiro atoms. The minimum atomic E-state index is -3.86. The zero-order chi connectivity index (χ0) is 20.6. The fourth-order valence-electron chi connectivity index (χ4n) is 3.64. The summed E-state index contributed by atoms with van der Waals surface area (Å²) in [4.78, 5) is 25.1. The molecule has 1 aromatic carbocycles. The number of hydrogen-bond acceptors (Lipinski definition) is 5. The first-order valence-electron chi connectivity index (χ1n) is 8.84. The van der Waals surface area contributed by atoms with E-state index >= 15 is 0 Å². The molecule has 1 N–H and O–H groups in total. The number of hydrogen-bond donors (Lipinski definition) is 1. The number of benzene rings is 1. The zero-order valence-electron chi connectivity index (χ0n) is 16.8. The molecule has 0 atom stereocenters. The van der Waals surface area contributed by atoms with Crippen LogP contribution >= 0.6 is 0 Å². The van der Waals surface area contributed by atoms with Gasteiger partial charge in [-0.3, -0.25) is 9.59 Å². The summed E-state index contributed by atoms with van der Waals surface area (Å²) in [6, 6.07) is 4.18. The molecule has 0 aromatic heterocycles. The Hall–Kier alpha value is -1.93. The highest BCUT2D eigenvalue weighted by Gasteiger charge is 2.35. The second-order valence-electron chi connectivity index (χ2n) is 8.68. The van der Waals surface area contributed by atoms with Crippen molar-refractivity contribution in [3.63, 3.8) is 0 Å². The Morgan fingerprint density at radius 3 is 2.11 bits per heavy atom. The lowest BCUT2D eigenvalue weighted by Gasteiger charge is -2.33. The van der Waals surface area contributed by atoms with E-state index in [1.807, 2.05) is 34.6 Å². The number of rotatable bonds is 6. The van der Waals surface area contributed by atoms with Crippen molar-refractivity contribution >= 4 is 27.5 Å². The second-order valence-corrected chi connectivity index (χ2v) is 10.4. The van der Waals surface area contributed by atoms with Gasteiger partial charge in [-0.25, -0.2) is 18.0 Å². The minimum Gasteiger partial charge on any atom is -0.495 e. The van der Waals surface area contributed by atoms with Gasteiger partial charge in [0.15, 0.2) is 0 Å². The predicted molar refractivity (Wildman–Crippen MR) is 103 cm³/mol. The highest BCUT2D eigenvalue weighted by atomic mass is 32.2. The van der Waals surface area contributed by atoms with Crippen molar-refractivity contribution in [2.45, 2.75) is 64.3 Å². The summed E-state index contributed by atoms with van der Waals surface area (Å²) >= 11 is 0. The molecule has 1 heterocycles. The van der Waals surface area contributed by atoms with Gasteiger partial charge in [0.1, 0.15) is 5.75 Å². The third-order valence-corrected chi connectivity index (χ3v) is 5.83. The van der Waals surface area contributed by atoms with Gasteiger partial charge >= 0.3 is 0 Å². The first kappa shape index (κ1) is 21.4. The maximum atomic E-state index is 12.9. The molecule has 0 unspecified atom stereocenters. The van der Waals surface area contributed by atoms with Crippen molar-refractivity contribution in [3.05, 3.63) is 18.2 Å². The maximum absolute atomic E-state index is 12.9. The van der Waals surface area contributed by atoms with Crippen LogP contribution in [0.15, 0.2) is 23.1 Å². The molecule has 2 amide bonds. The van der Waals surface area contributed by atoms with Crippen LogP contribution in [0.4, 0.5) is 5.69 Å². The lowest BCUT2D eigenvalue weighted by molar-refractivity contribution is -0.121. The molecular weight excluding hydrogens is 368 g/mol. The Morgan fingerprint density at radius 2 is 1.63 bits per heavy atom. The van der Waals surface area contributed by atoms with E-state index in [1.54, 1.807) is 0 Å². The summed E-state index contributed by atoms with van der Waals surface area (Å²) < 4.78 is 33.8. The Morgan fingerprint density at radius 1 is 1.07 bits per heavy atom. The van der Waals surface area contributed by atoms with Gasteiger partial charge in [-0.15, -0.1) is 0 Å². The van der Waals surface area contributed by atoms with Gasteiger partial charge in [-0.05, 0) is 43.9 Å². The summed E-state index contributed by atoms with van der Waals surface area (Å²) in [6.45, 7) is 9.78. The van der Waals surface area contributed by atoms with Crippen molar-refractivity contribution in [1.82, 2.24) is 4.72 Å². The molecule has 1 aliphatic rings. The number of carbonyl (C=O) groups is 2. The molecule has 1 aromatic rings. The van der Waals surface area contributed by atoms with Crippen molar-refractivity contribution < 1.29 is 22.7 Å². The molecule has 1 saturated heterocycles. The molecule has 0 saturated carbocycles. The number of nitrogens with zero attached hydrogens (tertiary/aromatic N) is 1. The number of sulfonamides is 1.